The Bertz CT molecular complexity index is 1260. The van der Waals surface area contributed by atoms with Crippen LogP contribution in [-0.4, -0.2) is 42.9 Å². The topological polar surface area (TPSA) is 43.9 Å². The number of hydrogen-bond donors (Lipinski definition) is 0. The summed E-state index contributed by atoms with van der Waals surface area (Å²) < 4.78 is 0. The average molecular weight is 510 g/mol. The van der Waals surface area contributed by atoms with E-state index in [9.17, 15) is 9.59 Å². The Morgan fingerprint density at radius 1 is 0.706 bits per heavy atom. The zero-order chi connectivity index (χ0) is 23.7. The molecule has 0 bridgehead atoms. The molecule has 34 heavy (non-hydrogen) atoms. The molecule has 2 amide bonds. The predicted molar refractivity (Wildman–Crippen MR) is 139 cm³/mol. The fourth-order valence-electron chi connectivity index (χ4n) is 4.18. The Morgan fingerprint density at radius 2 is 1.32 bits per heavy atom. The molecule has 0 spiro atoms. The zero-order valence-electron chi connectivity index (χ0n) is 18.2. The van der Waals surface area contributed by atoms with Gasteiger partial charge in [0.25, 0.3) is 11.8 Å². The van der Waals surface area contributed by atoms with Crippen molar-refractivity contribution in [1.29, 1.82) is 0 Å². The van der Waals surface area contributed by atoms with Crippen LogP contribution in [0.15, 0.2) is 94.4 Å². The van der Waals surface area contributed by atoms with Crippen molar-refractivity contribution in [3.63, 3.8) is 0 Å². The molecule has 0 N–H and O–H groups in total. The van der Waals surface area contributed by atoms with Gasteiger partial charge in [0.15, 0.2) is 0 Å². The van der Waals surface area contributed by atoms with Crippen LogP contribution < -0.4 is 9.80 Å². The number of imide groups is 1. The van der Waals surface area contributed by atoms with Gasteiger partial charge in [0, 0.05) is 41.8 Å². The van der Waals surface area contributed by atoms with Crippen molar-refractivity contribution in [2.45, 2.75) is 4.90 Å². The number of hydrogen-bond acceptors (Lipinski definition) is 5. The van der Waals surface area contributed by atoms with Crippen molar-refractivity contribution in [3.05, 3.63) is 99.5 Å². The molecular weight excluding hydrogens is 489 g/mol. The number of carbonyl (C=O) groups is 2. The number of halogens is 2. The molecule has 8 heteroatoms. The van der Waals surface area contributed by atoms with Crippen LogP contribution in [0.5, 0.6) is 0 Å². The van der Waals surface area contributed by atoms with E-state index in [2.05, 4.69) is 17.0 Å². The summed E-state index contributed by atoms with van der Waals surface area (Å²) in [5.41, 5.74) is 1.92. The Morgan fingerprint density at radius 3 is 1.97 bits per heavy atom. The van der Waals surface area contributed by atoms with Crippen molar-refractivity contribution in [3.8, 4) is 0 Å². The van der Waals surface area contributed by atoms with Crippen LogP contribution in [0.3, 0.4) is 0 Å². The first-order valence-electron chi connectivity index (χ1n) is 10.9. The lowest BCUT2D eigenvalue weighted by molar-refractivity contribution is -0.121. The maximum atomic E-state index is 13.7. The summed E-state index contributed by atoms with van der Waals surface area (Å²) in [4.78, 5) is 34.1. The van der Waals surface area contributed by atoms with Crippen LogP contribution in [0.4, 0.5) is 11.4 Å². The van der Waals surface area contributed by atoms with E-state index in [0.29, 0.717) is 34.4 Å². The molecule has 172 valence electrons. The number of benzene rings is 3. The molecule has 0 radical (unpaired) electrons. The van der Waals surface area contributed by atoms with Gasteiger partial charge in [-0.05, 0) is 42.5 Å². The average Bonchev–Trinajstić information content (AvgIpc) is 3.10. The monoisotopic (exact) mass is 509 g/mol. The van der Waals surface area contributed by atoms with Crippen molar-refractivity contribution in [2.75, 3.05) is 36.0 Å². The Hall–Kier alpha value is -2.93. The third-order valence-electron chi connectivity index (χ3n) is 5.85. The zero-order valence-corrected chi connectivity index (χ0v) is 20.5. The molecule has 3 aromatic rings. The van der Waals surface area contributed by atoms with Gasteiger partial charge in [0.1, 0.15) is 10.6 Å². The second-order valence-corrected chi connectivity index (χ2v) is 9.87. The van der Waals surface area contributed by atoms with Gasteiger partial charge in [-0.1, -0.05) is 71.4 Å². The third kappa shape index (κ3) is 4.41. The van der Waals surface area contributed by atoms with Crippen LogP contribution in [0.2, 0.25) is 10.0 Å². The van der Waals surface area contributed by atoms with Gasteiger partial charge in [0.2, 0.25) is 0 Å². The minimum Gasteiger partial charge on any atom is -0.368 e. The van der Waals surface area contributed by atoms with Crippen LogP contribution in [0.25, 0.3) is 0 Å². The minimum atomic E-state index is -0.372. The molecule has 5 nitrogen and oxygen atoms in total. The highest BCUT2D eigenvalue weighted by molar-refractivity contribution is 8.04. The normalized spacial score (nSPS) is 16.6. The molecule has 3 aromatic carbocycles. The quantitative estimate of drug-likeness (QED) is 0.413. The van der Waals surface area contributed by atoms with Gasteiger partial charge in [-0.25, -0.2) is 4.90 Å². The summed E-state index contributed by atoms with van der Waals surface area (Å²) in [6.45, 7) is 2.76. The minimum absolute atomic E-state index is 0.258. The first kappa shape index (κ1) is 22.8. The van der Waals surface area contributed by atoms with Gasteiger partial charge >= 0.3 is 0 Å². The highest BCUT2D eigenvalue weighted by atomic mass is 35.5. The van der Waals surface area contributed by atoms with Gasteiger partial charge in [-0.2, -0.15) is 0 Å². The first-order valence-corrected chi connectivity index (χ1v) is 12.5. The third-order valence-corrected chi connectivity index (χ3v) is 7.47. The number of carbonyl (C=O) groups excluding carboxylic acids is 2. The summed E-state index contributed by atoms with van der Waals surface area (Å²) in [5, 5.41) is 0.699. The maximum absolute atomic E-state index is 13.7. The summed E-state index contributed by atoms with van der Waals surface area (Å²) >= 11 is 13.8. The van der Waals surface area contributed by atoms with E-state index in [1.807, 2.05) is 53.4 Å². The van der Waals surface area contributed by atoms with Crippen LogP contribution >= 0.6 is 35.0 Å². The fourth-order valence-corrected chi connectivity index (χ4v) is 5.70. The highest BCUT2D eigenvalue weighted by Gasteiger charge is 2.43. The molecule has 1 fully saturated rings. The highest BCUT2D eigenvalue weighted by Crippen LogP contribution is 2.41. The number of thioether (sulfide) groups is 1. The summed E-state index contributed by atoms with van der Waals surface area (Å²) in [5.74, 6) is -0.732. The standard InChI is InChI=1S/C26H21Cl2N3O2S/c27-18-11-12-22(21(28)17-18)31-25(32)23(24(26(31)33)34-20-9-5-2-6-10-20)30-15-13-29(14-16-30)19-7-3-1-4-8-19/h1-12,17H,13-16H2. The Kier molecular flexibility index (Phi) is 6.55. The van der Waals surface area contributed by atoms with Gasteiger partial charge in [0.05, 0.1) is 10.7 Å². The summed E-state index contributed by atoms with van der Waals surface area (Å²) in [7, 11) is 0. The van der Waals surface area contributed by atoms with Gasteiger partial charge < -0.3 is 9.80 Å². The lowest BCUT2D eigenvalue weighted by Gasteiger charge is -2.37. The number of piperazine rings is 1. The number of nitrogens with zero attached hydrogens (tertiary/aromatic N) is 3. The van der Waals surface area contributed by atoms with Crippen molar-refractivity contribution < 1.29 is 9.59 Å². The molecule has 0 atom stereocenters. The molecule has 2 aliphatic heterocycles. The molecule has 0 aromatic heterocycles. The Labute approximate surface area is 212 Å². The number of rotatable bonds is 5. The lowest BCUT2D eigenvalue weighted by atomic mass is 10.2. The van der Waals surface area contributed by atoms with E-state index in [-0.39, 0.29) is 16.8 Å². The molecular formula is C26H21Cl2N3O2S. The van der Waals surface area contributed by atoms with E-state index in [4.69, 9.17) is 23.2 Å². The van der Waals surface area contributed by atoms with E-state index in [1.165, 1.54) is 16.7 Å². The van der Waals surface area contributed by atoms with E-state index in [0.717, 1.165) is 23.7 Å². The molecule has 0 aliphatic carbocycles. The second kappa shape index (κ2) is 9.74. The molecule has 2 aliphatic rings. The largest absolute Gasteiger partial charge is 0.368 e. The number of para-hydroxylation sites is 1. The fraction of sp³-hybridized carbons (Fsp3) is 0.154. The number of amides is 2. The van der Waals surface area contributed by atoms with Gasteiger partial charge in [-0.15, -0.1) is 0 Å². The summed E-state index contributed by atoms with van der Waals surface area (Å²) in [6.07, 6.45) is 0. The number of anilines is 2. The van der Waals surface area contributed by atoms with Crippen molar-refractivity contribution in [1.82, 2.24) is 4.90 Å². The molecule has 5 rings (SSSR count). The SMILES string of the molecule is O=C1C(Sc2ccccc2)=C(N2CCN(c3ccccc3)CC2)C(=O)N1c1ccc(Cl)cc1Cl. The van der Waals surface area contributed by atoms with Gasteiger partial charge in [-0.3, -0.25) is 9.59 Å². The van der Waals surface area contributed by atoms with E-state index >= 15 is 0 Å². The van der Waals surface area contributed by atoms with Crippen LogP contribution in [0.1, 0.15) is 0 Å². The van der Waals surface area contributed by atoms with E-state index in [1.54, 1.807) is 18.2 Å². The first-order chi connectivity index (χ1) is 16.5. The molecule has 0 saturated carbocycles. The molecule has 1 saturated heterocycles. The predicted octanol–water partition coefficient (Wildman–Crippen LogP) is 5.69. The summed E-state index contributed by atoms with van der Waals surface area (Å²) in [6, 6.07) is 24.6. The van der Waals surface area contributed by atoms with Crippen LogP contribution in [-0.2, 0) is 9.59 Å². The molecule has 0 unspecified atom stereocenters. The van der Waals surface area contributed by atoms with Crippen molar-refractivity contribution >= 4 is 58.2 Å². The lowest BCUT2D eigenvalue weighted by Crippen LogP contribution is -2.47. The Balaban J connectivity index is 1.47. The smallest absolute Gasteiger partial charge is 0.283 e. The van der Waals surface area contributed by atoms with Crippen molar-refractivity contribution in [2.24, 2.45) is 0 Å². The maximum Gasteiger partial charge on any atom is 0.283 e. The van der Waals surface area contributed by atoms with Crippen LogP contribution in [0, 0.1) is 0 Å². The second-order valence-electron chi connectivity index (χ2n) is 7.94. The van der Waals surface area contributed by atoms with E-state index < -0.39 is 0 Å². The molecule has 2 heterocycles.